The summed E-state index contributed by atoms with van der Waals surface area (Å²) in [6.45, 7) is 0. The highest BCUT2D eigenvalue weighted by atomic mass is 127. The second kappa shape index (κ2) is 6.91. The molecule has 0 fully saturated rings. The van der Waals surface area contributed by atoms with E-state index in [1.165, 1.54) is 6.07 Å². The van der Waals surface area contributed by atoms with Crippen LogP contribution in [0.3, 0.4) is 0 Å². The monoisotopic (exact) mass is 415 g/mol. The van der Waals surface area contributed by atoms with E-state index in [1.54, 1.807) is 36.4 Å². The number of amides is 1. The number of halogens is 2. The van der Waals surface area contributed by atoms with Crippen molar-refractivity contribution < 1.29 is 14.7 Å². The summed E-state index contributed by atoms with van der Waals surface area (Å²) in [6.07, 6.45) is 0.00117. The molecule has 0 spiro atoms. The summed E-state index contributed by atoms with van der Waals surface area (Å²) in [5.41, 5.74) is 1.27. The Morgan fingerprint density at radius 3 is 2.57 bits per heavy atom. The van der Waals surface area contributed by atoms with Crippen molar-refractivity contribution in [3.63, 3.8) is 0 Å². The molecule has 108 valence electrons. The Morgan fingerprint density at radius 2 is 1.90 bits per heavy atom. The highest BCUT2D eigenvalue weighted by Gasteiger charge is 2.13. The first-order valence-electron chi connectivity index (χ1n) is 6.03. The van der Waals surface area contributed by atoms with Gasteiger partial charge in [0.1, 0.15) is 0 Å². The lowest BCUT2D eigenvalue weighted by Crippen LogP contribution is -2.17. The largest absolute Gasteiger partial charge is 0.478 e. The fourth-order valence-corrected chi connectivity index (χ4v) is 2.85. The quantitative estimate of drug-likeness (QED) is 0.746. The van der Waals surface area contributed by atoms with Gasteiger partial charge in [0.15, 0.2) is 0 Å². The number of hydrogen-bond donors (Lipinski definition) is 2. The molecule has 6 heteroatoms. The summed E-state index contributed by atoms with van der Waals surface area (Å²) in [6, 6.07) is 11.6. The van der Waals surface area contributed by atoms with E-state index in [2.05, 4.69) is 27.9 Å². The van der Waals surface area contributed by atoms with Crippen molar-refractivity contribution in [2.45, 2.75) is 6.42 Å². The molecule has 0 saturated heterocycles. The number of benzene rings is 2. The van der Waals surface area contributed by atoms with Crippen LogP contribution in [0.2, 0.25) is 5.02 Å². The van der Waals surface area contributed by atoms with Gasteiger partial charge in [0.2, 0.25) is 5.91 Å². The van der Waals surface area contributed by atoms with E-state index < -0.39 is 5.97 Å². The number of carbonyl (C=O) groups excluding carboxylic acids is 1. The Balaban J connectivity index is 2.14. The number of carboxylic acid groups (broad SMARTS) is 1. The van der Waals surface area contributed by atoms with Crippen LogP contribution in [-0.4, -0.2) is 17.0 Å². The third-order valence-corrected chi connectivity index (χ3v) is 3.93. The van der Waals surface area contributed by atoms with Gasteiger partial charge in [0.25, 0.3) is 0 Å². The first-order valence-corrected chi connectivity index (χ1v) is 7.49. The van der Waals surface area contributed by atoms with Gasteiger partial charge in [-0.2, -0.15) is 0 Å². The standard InChI is InChI=1S/C15H11ClINO3/c16-10-5-6-13(12(17)8-10)18-14(19)7-9-3-1-2-4-11(9)15(20)21/h1-6,8H,7H2,(H,18,19)(H,20,21). The molecule has 0 aliphatic carbocycles. The topological polar surface area (TPSA) is 66.4 Å². The molecule has 0 aliphatic heterocycles. The molecule has 0 aliphatic rings. The van der Waals surface area contributed by atoms with Gasteiger partial charge in [-0.25, -0.2) is 4.79 Å². The average molecular weight is 416 g/mol. The summed E-state index contributed by atoms with van der Waals surface area (Å²) >= 11 is 7.93. The summed E-state index contributed by atoms with van der Waals surface area (Å²) in [7, 11) is 0. The van der Waals surface area contributed by atoms with Crippen LogP contribution in [0.5, 0.6) is 0 Å². The first kappa shape index (κ1) is 15.8. The van der Waals surface area contributed by atoms with Gasteiger partial charge in [-0.1, -0.05) is 29.8 Å². The van der Waals surface area contributed by atoms with Crippen LogP contribution >= 0.6 is 34.2 Å². The van der Waals surface area contributed by atoms with Crippen molar-refractivity contribution in [3.8, 4) is 0 Å². The van der Waals surface area contributed by atoms with E-state index >= 15 is 0 Å². The smallest absolute Gasteiger partial charge is 0.335 e. The zero-order valence-corrected chi connectivity index (χ0v) is 13.7. The SMILES string of the molecule is O=C(Cc1ccccc1C(=O)O)Nc1ccc(Cl)cc1I. The Morgan fingerprint density at radius 1 is 1.19 bits per heavy atom. The number of carboxylic acids is 1. The Kier molecular flexibility index (Phi) is 5.19. The van der Waals surface area contributed by atoms with E-state index in [4.69, 9.17) is 16.7 Å². The number of rotatable bonds is 4. The second-order valence-electron chi connectivity index (χ2n) is 4.31. The number of aromatic carboxylic acids is 1. The molecular weight excluding hydrogens is 405 g/mol. The van der Waals surface area contributed by atoms with Gasteiger partial charge in [-0.05, 0) is 52.4 Å². The van der Waals surface area contributed by atoms with Crippen molar-refractivity contribution in [3.05, 3.63) is 62.2 Å². The number of nitrogens with one attached hydrogen (secondary N) is 1. The summed E-state index contributed by atoms with van der Waals surface area (Å²) in [5, 5.41) is 12.4. The van der Waals surface area contributed by atoms with Crippen molar-refractivity contribution in [1.29, 1.82) is 0 Å². The van der Waals surface area contributed by atoms with E-state index in [1.807, 2.05) is 0 Å². The maximum atomic E-state index is 12.1. The molecule has 2 aromatic carbocycles. The molecule has 0 atom stereocenters. The molecular formula is C15H11ClINO3. The van der Waals surface area contributed by atoms with Crippen LogP contribution in [0, 0.1) is 3.57 Å². The van der Waals surface area contributed by atoms with Crippen molar-refractivity contribution in [2.75, 3.05) is 5.32 Å². The van der Waals surface area contributed by atoms with Crippen LogP contribution in [0.25, 0.3) is 0 Å². The number of carbonyl (C=O) groups is 2. The first-order chi connectivity index (χ1) is 9.97. The van der Waals surface area contributed by atoms with Gasteiger partial charge < -0.3 is 10.4 Å². The minimum absolute atomic E-state index is 0.00117. The van der Waals surface area contributed by atoms with Crippen molar-refractivity contribution in [1.82, 2.24) is 0 Å². The normalized spacial score (nSPS) is 10.2. The van der Waals surface area contributed by atoms with E-state index in [0.29, 0.717) is 16.3 Å². The Bertz CT molecular complexity index is 703. The van der Waals surface area contributed by atoms with E-state index in [0.717, 1.165) is 3.57 Å². The van der Waals surface area contributed by atoms with Crippen molar-refractivity contribution >= 4 is 51.8 Å². The summed E-state index contributed by atoms with van der Waals surface area (Å²) in [4.78, 5) is 23.2. The van der Waals surface area contributed by atoms with Crippen molar-refractivity contribution in [2.24, 2.45) is 0 Å². The third kappa shape index (κ3) is 4.18. The summed E-state index contributed by atoms with van der Waals surface area (Å²) < 4.78 is 0.819. The fourth-order valence-electron chi connectivity index (χ4n) is 1.84. The van der Waals surface area contributed by atoms with Crippen LogP contribution in [0.15, 0.2) is 42.5 Å². The number of hydrogen-bond acceptors (Lipinski definition) is 2. The van der Waals surface area contributed by atoms with Gasteiger partial charge >= 0.3 is 5.97 Å². The molecule has 2 aromatic rings. The molecule has 0 aromatic heterocycles. The lowest BCUT2D eigenvalue weighted by atomic mass is 10.0. The van der Waals surface area contributed by atoms with Crippen LogP contribution < -0.4 is 5.32 Å². The van der Waals surface area contributed by atoms with Crippen LogP contribution in [0.1, 0.15) is 15.9 Å². The predicted octanol–water partition coefficient (Wildman–Crippen LogP) is 3.82. The molecule has 0 unspecified atom stereocenters. The third-order valence-electron chi connectivity index (χ3n) is 2.80. The zero-order chi connectivity index (χ0) is 15.4. The minimum atomic E-state index is -1.04. The lowest BCUT2D eigenvalue weighted by Gasteiger charge is -2.09. The molecule has 2 rings (SSSR count). The Labute approximate surface area is 140 Å². The van der Waals surface area contributed by atoms with Gasteiger partial charge in [-0.15, -0.1) is 0 Å². The highest BCUT2D eigenvalue weighted by molar-refractivity contribution is 14.1. The zero-order valence-electron chi connectivity index (χ0n) is 10.8. The summed E-state index contributed by atoms with van der Waals surface area (Å²) in [5.74, 6) is -1.32. The van der Waals surface area contributed by atoms with E-state index in [9.17, 15) is 9.59 Å². The van der Waals surface area contributed by atoms with Crippen LogP contribution in [0.4, 0.5) is 5.69 Å². The Hall–Kier alpha value is -1.60. The highest BCUT2D eigenvalue weighted by Crippen LogP contribution is 2.22. The van der Waals surface area contributed by atoms with Crippen LogP contribution in [-0.2, 0) is 11.2 Å². The molecule has 21 heavy (non-hydrogen) atoms. The number of anilines is 1. The van der Waals surface area contributed by atoms with E-state index in [-0.39, 0.29) is 17.9 Å². The maximum Gasteiger partial charge on any atom is 0.335 e. The molecule has 0 bridgehead atoms. The lowest BCUT2D eigenvalue weighted by molar-refractivity contribution is -0.115. The van der Waals surface area contributed by atoms with Gasteiger partial charge in [0.05, 0.1) is 17.7 Å². The molecule has 0 saturated carbocycles. The maximum absolute atomic E-state index is 12.1. The van der Waals surface area contributed by atoms with Gasteiger partial charge in [0, 0.05) is 8.59 Å². The average Bonchev–Trinajstić information content (AvgIpc) is 2.42. The molecule has 0 heterocycles. The molecule has 0 radical (unpaired) electrons. The second-order valence-corrected chi connectivity index (χ2v) is 5.91. The molecule has 4 nitrogen and oxygen atoms in total. The molecule has 1 amide bonds. The fraction of sp³-hybridized carbons (Fsp3) is 0.0667. The minimum Gasteiger partial charge on any atom is -0.478 e. The molecule has 2 N–H and O–H groups in total. The van der Waals surface area contributed by atoms with Gasteiger partial charge in [-0.3, -0.25) is 4.79 Å². The predicted molar refractivity (Wildman–Crippen MR) is 89.9 cm³/mol.